The summed E-state index contributed by atoms with van der Waals surface area (Å²) in [6.07, 6.45) is 1.15. The van der Waals surface area contributed by atoms with Crippen LogP contribution in [-0.4, -0.2) is 82.0 Å². The lowest BCUT2D eigenvalue weighted by molar-refractivity contribution is 0.0186. The van der Waals surface area contributed by atoms with Gasteiger partial charge < -0.3 is 19.7 Å². The number of nitrogens with one attached hydrogen (secondary N) is 1. The van der Waals surface area contributed by atoms with Crippen molar-refractivity contribution in [1.29, 1.82) is 0 Å². The third kappa shape index (κ3) is 6.83. The molecule has 2 aliphatic heterocycles. The van der Waals surface area contributed by atoms with Crippen molar-refractivity contribution in [1.82, 2.24) is 15.1 Å². The molecule has 0 bridgehead atoms. The van der Waals surface area contributed by atoms with Gasteiger partial charge in [-0.1, -0.05) is 0 Å². The van der Waals surface area contributed by atoms with Crippen LogP contribution in [0.1, 0.15) is 29.1 Å². The fourth-order valence-corrected chi connectivity index (χ4v) is 4.75. The molecule has 3 rings (SSSR count). The molecule has 0 spiro atoms. The van der Waals surface area contributed by atoms with Crippen LogP contribution in [0.4, 0.5) is 0 Å². The van der Waals surface area contributed by atoms with Gasteiger partial charge in [0, 0.05) is 55.5 Å². The Morgan fingerprint density at radius 2 is 2.11 bits per heavy atom. The van der Waals surface area contributed by atoms with Crippen molar-refractivity contribution in [2.75, 3.05) is 66.2 Å². The predicted octanol–water partition coefficient (Wildman–Crippen LogP) is 2.98. The standard InChI is InChI=1S/C20H34N4O2S.HI/c1-4-21-20(23(3)14-17-7-10-26-15-17)22-13-18(19-6-5-16(2)27-19)24-8-11-25-12-9-24;/h5-6,17-18H,4,7-15H2,1-3H3,(H,21,22);1H. The van der Waals surface area contributed by atoms with Gasteiger partial charge in [-0.25, -0.2) is 0 Å². The Labute approximate surface area is 190 Å². The van der Waals surface area contributed by atoms with Crippen LogP contribution in [0.2, 0.25) is 0 Å². The van der Waals surface area contributed by atoms with Gasteiger partial charge in [0.15, 0.2) is 5.96 Å². The lowest BCUT2D eigenvalue weighted by Crippen LogP contribution is -2.43. The smallest absolute Gasteiger partial charge is 0.193 e. The van der Waals surface area contributed by atoms with Crippen molar-refractivity contribution in [2.45, 2.75) is 26.3 Å². The molecule has 0 aromatic carbocycles. The van der Waals surface area contributed by atoms with Crippen LogP contribution in [0.5, 0.6) is 0 Å². The highest BCUT2D eigenvalue weighted by Crippen LogP contribution is 2.28. The maximum atomic E-state index is 5.56. The summed E-state index contributed by atoms with van der Waals surface area (Å²) in [6, 6.07) is 4.81. The van der Waals surface area contributed by atoms with Crippen molar-refractivity contribution >= 4 is 41.3 Å². The minimum atomic E-state index is 0. The molecular weight excluding hydrogens is 487 g/mol. The normalized spacial score (nSPS) is 22.0. The van der Waals surface area contributed by atoms with E-state index in [1.165, 1.54) is 9.75 Å². The van der Waals surface area contributed by atoms with Crippen LogP contribution >= 0.6 is 35.3 Å². The van der Waals surface area contributed by atoms with E-state index in [1.54, 1.807) is 0 Å². The van der Waals surface area contributed by atoms with Gasteiger partial charge in [-0.15, -0.1) is 35.3 Å². The first-order chi connectivity index (χ1) is 13.2. The highest BCUT2D eigenvalue weighted by molar-refractivity contribution is 14.0. The van der Waals surface area contributed by atoms with Crippen molar-refractivity contribution in [2.24, 2.45) is 10.9 Å². The fourth-order valence-electron chi connectivity index (χ4n) is 3.75. The number of aryl methyl sites for hydroxylation is 1. The van der Waals surface area contributed by atoms with Gasteiger partial charge in [0.1, 0.15) is 0 Å². The monoisotopic (exact) mass is 522 g/mol. The zero-order chi connectivity index (χ0) is 19.1. The maximum absolute atomic E-state index is 5.56. The van der Waals surface area contributed by atoms with Crippen LogP contribution < -0.4 is 5.32 Å². The lowest BCUT2D eigenvalue weighted by Gasteiger charge is -2.33. The van der Waals surface area contributed by atoms with Gasteiger partial charge in [-0.05, 0) is 32.4 Å². The van der Waals surface area contributed by atoms with Gasteiger partial charge in [0.2, 0.25) is 0 Å². The first kappa shape index (κ1) is 23.9. The van der Waals surface area contributed by atoms with Crippen molar-refractivity contribution < 1.29 is 9.47 Å². The summed E-state index contributed by atoms with van der Waals surface area (Å²) in [6.45, 7) is 12.3. The molecule has 6 nitrogen and oxygen atoms in total. The number of thiophene rings is 1. The molecule has 2 atom stereocenters. The Balaban J connectivity index is 0.00000280. The predicted molar refractivity (Wildman–Crippen MR) is 127 cm³/mol. The number of hydrogen-bond acceptors (Lipinski definition) is 5. The fraction of sp³-hybridized carbons (Fsp3) is 0.750. The van der Waals surface area contributed by atoms with Crippen LogP contribution in [0.25, 0.3) is 0 Å². The first-order valence-electron chi connectivity index (χ1n) is 10.1. The molecule has 1 N–H and O–H groups in total. The number of morpholine rings is 1. The molecule has 2 saturated heterocycles. The third-order valence-corrected chi connectivity index (χ3v) is 6.34. The van der Waals surface area contributed by atoms with E-state index in [9.17, 15) is 0 Å². The summed E-state index contributed by atoms with van der Waals surface area (Å²) in [5.41, 5.74) is 0. The van der Waals surface area contributed by atoms with Gasteiger partial charge in [0.25, 0.3) is 0 Å². The summed E-state index contributed by atoms with van der Waals surface area (Å²) >= 11 is 1.89. The molecule has 2 fully saturated rings. The molecule has 2 aliphatic rings. The first-order valence-corrected chi connectivity index (χ1v) is 10.9. The molecule has 2 unspecified atom stereocenters. The molecule has 0 amide bonds. The number of halogens is 1. The second-order valence-corrected chi connectivity index (χ2v) is 8.74. The highest BCUT2D eigenvalue weighted by atomic mass is 127. The van der Waals surface area contributed by atoms with Crippen LogP contribution in [-0.2, 0) is 9.47 Å². The SMILES string of the molecule is CCNC(=NCC(c1ccc(C)s1)N1CCOCC1)N(C)CC1CCOC1.I. The topological polar surface area (TPSA) is 49.3 Å². The van der Waals surface area contributed by atoms with Crippen molar-refractivity contribution in [3.8, 4) is 0 Å². The number of ether oxygens (including phenoxy) is 2. The Kier molecular flexibility index (Phi) is 10.5. The van der Waals surface area contributed by atoms with E-state index in [1.807, 2.05) is 11.3 Å². The average molecular weight is 522 g/mol. The lowest BCUT2D eigenvalue weighted by atomic mass is 10.1. The van der Waals surface area contributed by atoms with Gasteiger partial charge >= 0.3 is 0 Å². The van der Waals surface area contributed by atoms with Gasteiger partial charge in [0.05, 0.1) is 32.4 Å². The maximum Gasteiger partial charge on any atom is 0.193 e. The third-order valence-electron chi connectivity index (χ3n) is 5.24. The molecule has 8 heteroatoms. The number of hydrogen-bond donors (Lipinski definition) is 1. The second kappa shape index (κ2) is 12.3. The summed E-state index contributed by atoms with van der Waals surface area (Å²) in [7, 11) is 2.14. The van der Waals surface area contributed by atoms with E-state index in [0.29, 0.717) is 12.0 Å². The quantitative estimate of drug-likeness (QED) is 0.339. The minimum Gasteiger partial charge on any atom is -0.381 e. The summed E-state index contributed by atoms with van der Waals surface area (Å²) in [5.74, 6) is 1.60. The molecule has 0 radical (unpaired) electrons. The summed E-state index contributed by atoms with van der Waals surface area (Å²) < 4.78 is 11.1. The van der Waals surface area contributed by atoms with E-state index in [4.69, 9.17) is 14.5 Å². The van der Waals surface area contributed by atoms with E-state index in [2.05, 4.69) is 48.1 Å². The second-order valence-electron chi connectivity index (χ2n) is 7.42. The summed E-state index contributed by atoms with van der Waals surface area (Å²) in [4.78, 5) is 12.6. The highest BCUT2D eigenvalue weighted by Gasteiger charge is 2.24. The zero-order valence-electron chi connectivity index (χ0n) is 17.4. The van der Waals surface area contributed by atoms with E-state index >= 15 is 0 Å². The molecule has 1 aromatic heterocycles. The van der Waals surface area contributed by atoms with Crippen LogP contribution in [0.3, 0.4) is 0 Å². The Bertz CT molecular complexity index is 601. The van der Waals surface area contributed by atoms with Crippen LogP contribution in [0.15, 0.2) is 17.1 Å². The molecule has 3 heterocycles. The van der Waals surface area contributed by atoms with Crippen LogP contribution in [0, 0.1) is 12.8 Å². The minimum absolute atomic E-state index is 0. The van der Waals surface area contributed by atoms with Crippen molar-refractivity contribution in [3.63, 3.8) is 0 Å². The molecule has 0 aliphatic carbocycles. The van der Waals surface area contributed by atoms with Gasteiger partial charge in [-0.2, -0.15) is 0 Å². The average Bonchev–Trinajstić information content (AvgIpc) is 3.34. The Morgan fingerprint density at radius 3 is 2.71 bits per heavy atom. The van der Waals surface area contributed by atoms with E-state index < -0.39 is 0 Å². The molecule has 0 saturated carbocycles. The Morgan fingerprint density at radius 1 is 1.32 bits per heavy atom. The number of guanidine groups is 1. The van der Waals surface area contributed by atoms with E-state index in [0.717, 1.165) is 71.5 Å². The molecule has 160 valence electrons. The zero-order valence-corrected chi connectivity index (χ0v) is 20.5. The molecule has 1 aromatic rings. The largest absolute Gasteiger partial charge is 0.381 e. The number of aliphatic imine (C=N–C) groups is 1. The number of rotatable bonds is 7. The van der Waals surface area contributed by atoms with Crippen molar-refractivity contribution in [3.05, 3.63) is 21.9 Å². The summed E-state index contributed by atoms with van der Waals surface area (Å²) in [5, 5.41) is 3.47. The van der Waals surface area contributed by atoms with E-state index in [-0.39, 0.29) is 24.0 Å². The number of nitrogens with zero attached hydrogens (tertiary/aromatic N) is 3. The molecular formula is C20H35IN4O2S. The molecule has 28 heavy (non-hydrogen) atoms. The van der Waals surface area contributed by atoms with Gasteiger partial charge in [-0.3, -0.25) is 9.89 Å². The Hall–Kier alpha value is -0.420.